The summed E-state index contributed by atoms with van der Waals surface area (Å²) in [4.78, 5) is 27.1. The Morgan fingerprint density at radius 1 is 1.21 bits per heavy atom. The maximum atomic E-state index is 12.8. The van der Waals surface area contributed by atoms with Gasteiger partial charge in [0, 0.05) is 30.1 Å². The van der Waals surface area contributed by atoms with E-state index in [9.17, 15) is 9.59 Å². The molecule has 6 nitrogen and oxygen atoms in total. The van der Waals surface area contributed by atoms with E-state index in [2.05, 4.69) is 5.32 Å². The monoisotopic (exact) mass is 380 g/mol. The van der Waals surface area contributed by atoms with Crippen LogP contribution >= 0.6 is 0 Å². The fourth-order valence-electron chi connectivity index (χ4n) is 3.70. The highest BCUT2D eigenvalue weighted by Crippen LogP contribution is 2.32. The third-order valence-corrected chi connectivity index (χ3v) is 5.14. The van der Waals surface area contributed by atoms with Crippen molar-refractivity contribution in [3.05, 3.63) is 53.6 Å². The van der Waals surface area contributed by atoms with Crippen molar-refractivity contribution in [2.45, 2.75) is 32.3 Å². The van der Waals surface area contributed by atoms with Gasteiger partial charge in [0.2, 0.25) is 0 Å². The van der Waals surface area contributed by atoms with Gasteiger partial charge in [-0.3, -0.25) is 9.59 Å². The number of fused-ring (bicyclic) bond motifs is 1. The van der Waals surface area contributed by atoms with Gasteiger partial charge in [-0.15, -0.1) is 0 Å². The molecule has 0 saturated carbocycles. The smallest absolute Gasteiger partial charge is 0.256 e. The van der Waals surface area contributed by atoms with Crippen LogP contribution < -0.4 is 15.0 Å². The van der Waals surface area contributed by atoms with Gasteiger partial charge in [-0.05, 0) is 68.1 Å². The van der Waals surface area contributed by atoms with Gasteiger partial charge in [0.05, 0.1) is 6.61 Å². The summed E-state index contributed by atoms with van der Waals surface area (Å²) in [6, 6.07) is 12.8. The Hall–Kier alpha value is -2.86. The van der Waals surface area contributed by atoms with Gasteiger partial charge in [0.25, 0.3) is 11.8 Å². The Balaban J connectivity index is 1.48. The number of benzene rings is 2. The van der Waals surface area contributed by atoms with Gasteiger partial charge in [0.15, 0.2) is 0 Å². The fraction of sp³-hybridized carbons (Fsp3) is 0.364. The molecule has 2 aromatic rings. The molecule has 1 saturated heterocycles. The Labute approximate surface area is 164 Å². The number of hydrogen-bond donors (Lipinski definition) is 1. The fourth-order valence-corrected chi connectivity index (χ4v) is 3.70. The first-order valence-electron chi connectivity index (χ1n) is 9.76. The lowest BCUT2D eigenvalue weighted by molar-refractivity contribution is -0.127. The lowest BCUT2D eigenvalue weighted by Gasteiger charge is -2.21. The predicted molar refractivity (Wildman–Crippen MR) is 107 cm³/mol. The highest BCUT2D eigenvalue weighted by atomic mass is 16.5. The zero-order chi connectivity index (χ0) is 19.5. The number of nitrogens with zero attached hydrogens (tertiary/aromatic N) is 1. The summed E-state index contributed by atoms with van der Waals surface area (Å²) in [6.07, 6.45) is 2.18. The molecule has 2 aliphatic rings. The summed E-state index contributed by atoms with van der Waals surface area (Å²) in [6.45, 7) is 3.81. The van der Waals surface area contributed by atoms with Crippen molar-refractivity contribution in [3.8, 4) is 5.75 Å². The first kappa shape index (κ1) is 18.5. The quantitative estimate of drug-likeness (QED) is 0.863. The van der Waals surface area contributed by atoms with Crippen LogP contribution in [-0.4, -0.2) is 37.7 Å². The van der Waals surface area contributed by atoms with Crippen molar-refractivity contribution in [2.24, 2.45) is 0 Å². The van der Waals surface area contributed by atoms with E-state index in [0.717, 1.165) is 36.3 Å². The maximum Gasteiger partial charge on any atom is 0.256 e. The van der Waals surface area contributed by atoms with E-state index < -0.39 is 0 Å². The van der Waals surface area contributed by atoms with Gasteiger partial charge >= 0.3 is 0 Å². The number of carbonyl (C=O) groups is 2. The molecule has 4 rings (SSSR count). The number of rotatable bonds is 5. The van der Waals surface area contributed by atoms with Crippen molar-refractivity contribution < 1.29 is 19.1 Å². The molecule has 0 radical (unpaired) electrons. The lowest BCUT2D eigenvalue weighted by Crippen LogP contribution is -2.37. The van der Waals surface area contributed by atoms with E-state index in [-0.39, 0.29) is 17.9 Å². The summed E-state index contributed by atoms with van der Waals surface area (Å²) >= 11 is 0. The minimum Gasteiger partial charge on any atom is -0.494 e. The molecule has 1 N–H and O–H groups in total. The minimum absolute atomic E-state index is 0.0197. The largest absolute Gasteiger partial charge is 0.494 e. The molecule has 146 valence electrons. The van der Waals surface area contributed by atoms with Crippen LogP contribution in [0.15, 0.2) is 42.5 Å². The molecule has 2 aliphatic heterocycles. The summed E-state index contributed by atoms with van der Waals surface area (Å²) in [5.74, 6) is 0.559. The zero-order valence-electron chi connectivity index (χ0n) is 15.9. The van der Waals surface area contributed by atoms with Gasteiger partial charge in [-0.2, -0.15) is 0 Å². The second-order valence-electron chi connectivity index (χ2n) is 7.00. The average Bonchev–Trinajstić information content (AvgIpc) is 3.38. The Kier molecular flexibility index (Phi) is 5.30. The summed E-state index contributed by atoms with van der Waals surface area (Å²) in [5.41, 5.74) is 3.20. The third kappa shape index (κ3) is 3.73. The maximum absolute atomic E-state index is 12.8. The van der Waals surface area contributed by atoms with Crippen LogP contribution in [0.2, 0.25) is 0 Å². The predicted octanol–water partition coefficient (Wildman–Crippen LogP) is 3.41. The number of carbonyl (C=O) groups excluding carboxylic acids is 2. The highest BCUT2D eigenvalue weighted by Gasteiger charge is 2.32. The second kappa shape index (κ2) is 8.02. The number of nitrogens with one attached hydrogen (secondary N) is 1. The molecule has 0 bridgehead atoms. The Bertz CT molecular complexity index is 873. The molecular weight excluding hydrogens is 356 g/mol. The summed E-state index contributed by atoms with van der Waals surface area (Å²) in [7, 11) is 0. The van der Waals surface area contributed by atoms with Crippen molar-refractivity contribution in [3.63, 3.8) is 0 Å². The Morgan fingerprint density at radius 2 is 2.04 bits per heavy atom. The molecule has 0 aliphatic carbocycles. The second-order valence-corrected chi connectivity index (χ2v) is 7.00. The molecule has 0 aromatic heterocycles. The molecule has 2 amide bonds. The molecule has 2 heterocycles. The van der Waals surface area contributed by atoms with Crippen LogP contribution in [0.1, 0.15) is 35.7 Å². The molecule has 1 fully saturated rings. The van der Waals surface area contributed by atoms with E-state index in [1.165, 1.54) is 0 Å². The normalized spacial score (nSPS) is 18.0. The number of anilines is 2. The molecule has 28 heavy (non-hydrogen) atoms. The standard InChI is InChI=1S/C22H24N2O4/c1-2-27-18-9-6-16(7-10-18)21(25)23-17-8-5-15-11-12-24(19(15)14-17)22(26)20-4-3-13-28-20/h5-10,14,20H,2-4,11-13H2,1H3,(H,23,25). The van der Waals surface area contributed by atoms with Crippen LogP contribution in [0, 0.1) is 0 Å². The van der Waals surface area contributed by atoms with Gasteiger partial charge in [-0.1, -0.05) is 6.07 Å². The first-order chi connectivity index (χ1) is 13.7. The van der Waals surface area contributed by atoms with Crippen LogP contribution in [0.5, 0.6) is 5.75 Å². The van der Waals surface area contributed by atoms with Gasteiger partial charge < -0.3 is 19.7 Å². The zero-order valence-corrected chi connectivity index (χ0v) is 15.9. The van der Waals surface area contributed by atoms with Crippen LogP contribution in [-0.2, 0) is 16.0 Å². The van der Waals surface area contributed by atoms with E-state index in [1.54, 1.807) is 29.2 Å². The van der Waals surface area contributed by atoms with Crippen LogP contribution in [0.25, 0.3) is 0 Å². The first-order valence-corrected chi connectivity index (χ1v) is 9.76. The van der Waals surface area contributed by atoms with Crippen LogP contribution in [0.3, 0.4) is 0 Å². The molecule has 6 heteroatoms. The summed E-state index contributed by atoms with van der Waals surface area (Å²) in [5, 5.41) is 2.92. The van der Waals surface area contributed by atoms with Gasteiger partial charge in [-0.25, -0.2) is 0 Å². The topological polar surface area (TPSA) is 67.9 Å². The molecule has 0 spiro atoms. The van der Waals surface area contributed by atoms with E-state index >= 15 is 0 Å². The number of hydrogen-bond acceptors (Lipinski definition) is 4. The lowest BCUT2D eigenvalue weighted by atomic mass is 10.1. The number of amides is 2. The molecule has 1 atom stereocenters. The summed E-state index contributed by atoms with van der Waals surface area (Å²) < 4.78 is 11.0. The van der Waals surface area contributed by atoms with Crippen molar-refractivity contribution in [1.82, 2.24) is 0 Å². The van der Waals surface area contributed by atoms with Crippen molar-refractivity contribution in [1.29, 1.82) is 0 Å². The molecule has 2 aromatic carbocycles. The van der Waals surface area contributed by atoms with E-state index in [0.29, 0.717) is 31.0 Å². The van der Waals surface area contributed by atoms with Crippen molar-refractivity contribution in [2.75, 3.05) is 30.0 Å². The number of ether oxygens (including phenoxy) is 2. The minimum atomic E-state index is -0.340. The average molecular weight is 380 g/mol. The van der Waals surface area contributed by atoms with E-state index in [1.807, 2.05) is 25.1 Å². The Morgan fingerprint density at radius 3 is 2.75 bits per heavy atom. The third-order valence-electron chi connectivity index (χ3n) is 5.14. The molecule has 1 unspecified atom stereocenters. The van der Waals surface area contributed by atoms with E-state index in [4.69, 9.17) is 9.47 Å². The van der Waals surface area contributed by atoms with Gasteiger partial charge in [0.1, 0.15) is 11.9 Å². The van der Waals surface area contributed by atoms with Crippen molar-refractivity contribution >= 4 is 23.2 Å². The van der Waals surface area contributed by atoms with Crippen LogP contribution in [0.4, 0.5) is 11.4 Å². The SMILES string of the molecule is CCOc1ccc(C(=O)Nc2ccc3c(c2)N(C(=O)C2CCCO2)CC3)cc1. The molecular formula is C22H24N2O4. The highest BCUT2D eigenvalue weighted by molar-refractivity contribution is 6.05.